The minimum Gasteiger partial charge on any atom is -0.466 e. The molecule has 0 aromatic heterocycles. The second kappa shape index (κ2) is 18.6. The number of rotatable bonds is 19. The summed E-state index contributed by atoms with van der Waals surface area (Å²) in [4.78, 5) is 47.6. The van der Waals surface area contributed by atoms with Gasteiger partial charge in [0.15, 0.2) is 5.60 Å². The summed E-state index contributed by atoms with van der Waals surface area (Å²) in [6, 6.07) is 0. The van der Waals surface area contributed by atoms with Crippen molar-refractivity contribution >= 4 is 23.9 Å². The van der Waals surface area contributed by atoms with Gasteiger partial charge in [-0.1, -0.05) is 78.1 Å². The average molecular weight is 459 g/mol. The summed E-state index contributed by atoms with van der Waals surface area (Å²) in [5.41, 5.74) is -2.51. The van der Waals surface area contributed by atoms with Crippen LogP contribution in [-0.2, 0) is 33.4 Å². The summed E-state index contributed by atoms with van der Waals surface area (Å²) in [5.74, 6) is -4.00. The number of carbonyl (C=O) groups excluding carboxylic acids is 4. The second-order valence-electron chi connectivity index (χ2n) is 8.24. The van der Waals surface area contributed by atoms with Crippen LogP contribution in [0.5, 0.6) is 0 Å². The van der Waals surface area contributed by atoms with Crippen molar-refractivity contribution in [3.05, 3.63) is 0 Å². The normalized spacial score (nSPS) is 11.1. The third-order valence-electron chi connectivity index (χ3n) is 5.01. The van der Waals surface area contributed by atoms with E-state index in [0.29, 0.717) is 12.8 Å². The van der Waals surface area contributed by atoms with Gasteiger partial charge in [-0.2, -0.15) is 0 Å². The average Bonchev–Trinajstić information content (AvgIpc) is 2.71. The number of unbranched alkanes of at least 4 members (excludes halogenated alkanes) is 10. The van der Waals surface area contributed by atoms with Gasteiger partial charge in [-0.05, 0) is 12.8 Å². The van der Waals surface area contributed by atoms with Crippen molar-refractivity contribution < 1.29 is 38.5 Å². The highest BCUT2D eigenvalue weighted by Gasteiger charge is 2.44. The molecule has 0 heterocycles. The molecule has 0 unspecified atom stereocenters. The molecule has 8 nitrogen and oxygen atoms in total. The van der Waals surface area contributed by atoms with Crippen LogP contribution in [0.4, 0.5) is 0 Å². The molecule has 8 heteroatoms. The number of aliphatic hydroxyl groups is 1. The van der Waals surface area contributed by atoms with Crippen molar-refractivity contribution in [1.29, 1.82) is 0 Å². The summed E-state index contributed by atoms with van der Waals surface area (Å²) in [7, 11) is 0. The van der Waals surface area contributed by atoms with Gasteiger partial charge in [0.2, 0.25) is 0 Å². The fourth-order valence-electron chi connectivity index (χ4n) is 3.15. The minimum absolute atomic E-state index is 0.158. The van der Waals surface area contributed by atoms with Gasteiger partial charge in [-0.25, -0.2) is 4.79 Å². The van der Waals surface area contributed by atoms with Crippen LogP contribution < -0.4 is 0 Å². The molecule has 0 spiro atoms. The summed E-state index contributed by atoms with van der Waals surface area (Å²) in [6.07, 6.45) is 10.6. The van der Waals surface area contributed by atoms with Gasteiger partial charge in [-0.3, -0.25) is 14.4 Å². The first-order valence-electron chi connectivity index (χ1n) is 12.0. The van der Waals surface area contributed by atoms with Gasteiger partial charge in [0.1, 0.15) is 0 Å². The molecule has 1 N–H and O–H groups in total. The number of esters is 4. The minimum atomic E-state index is -2.51. The lowest BCUT2D eigenvalue weighted by atomic mass is 9.95. The summed E-state index contributed by atoms with van der Waals surface area (Å²) >= 11 is 0. The highest BCUT2D eigenvalue weighted by molar-refractivity contribution is 5.95. The number of hydrogen-bond acceptors (Lipinski definition) is 8. The summed E-state index contributed by atoms with van der Waals surface area (Å²) in [6.45, 7) is 5.57. The molecule has 0 rings (SSSR count). The second-order valence-corrected chi connectivity index (χ2v) is 8.24. The molecule has 0 aliphatic heterocycles. The Bertz CT molecular complexity index is 526. The summed E-state index contributed by atoms with van der Waals surface area (Å²) in [5, 5.41) is 10.6. The molecule has 0 fully saturated rings. The van der Waals surface area contributed by atoms with Crippen molar-refractivity contribution in [2.24, 2.45) is 0 Å². The van der Waals surface area contributed by atoms with E-state index in [1.807, 2.05) is 0 Å². The Balaban J connectivity index is 4.53. The van der Waals surface area contributed by atoms with E-state index in [1.165, 1.54) is 12.8 Å². The maximum absolute atomic E-state index is 12.2. The molecular formula is C24H42O8. The lowest BCUT2D eigenvalue weighted by Crippen LogP contribution is -2.45. The Morgan fingerprint density at radius 3 is 1.41 bits per heavy atom. The van der Waals surface area contributed by atoms with E-state index in [1.54, 1.807) is 0 Å². The number of hydrogen-bond donors (Lipinski definition) is 1. The van der Waals surface area contributed by atoms with E-state index in [4.69, 9.17) is 9.47 Å². The molecule has 0 radical (unpaired) electrons. The van der Waals surface area contributed by atoms with Crippen molar-refractivity contribution in [3.63, 3.8) is 0 Å². The highest BCUT2D eigenvalue weighted by atomic mass is 16.6. The smallest absolute Gasteiger partial charge is 0.346 e. The monoisotopic (exact) mass is 458 g/mol. The van der Waals surface area contributed by atoms with Gasteiger partial charge in [-0.15, -0.1) is 0 Å². The standard InChI is InChI=1S/C24H42O8/c1-4-6-8-10-12-14-16-30-21(26)18-24(29,23(28)32-20(3)25)19-22(27)31-17-15-13-11-9-7-5-2/h29H,4-19H2,1-3H3. The SMILES string of the molecule is CCCCCCCCOC(=O)CC(O)(CC(=O)OCCCCCCCC)C(=O)OC(C)=O. The van der Waals surface area contributed by atoms with Crippen molar-refractivity contribution in [1.82, 2.24) is 0 Å². The Labute approximate surface area is 192 Å². The van der Waals surface area contributed by atoms with E-state index in [2.05, 4.69) is 18.6 Å². The number of ether oxygens (including phenoxy) is 3. The first kappa shape index (κ1) is 30.0. The lowest BCUT2D eigenvalue weighted by molar-refractivity contribution is -0.182. The summed E-state index contributed by atoms with van der Waals surface area (Å²) < 4.78 is 14.6. The maximum Gasteiger partial charge on any atom is 0.346 e. The zero-order chi connectivity index (χ0) is 24.2. The quantitative estimate of drug-likeness (QED) is 0.131. The zero-order valence-corrected chi connectivity index (χ0v) is 20.1. The molecule has 0 bridgehead atoms. The third kappa shape index (κ3) is 15.8. The fourth-order valence-corrected chi connectivity index (χ4v) is 3.15. The van der Waals surface area contributed by atoms with Crippen LogP contribution in [0.25, 0.3) is 0 Å². The van der Waals surface area contributed by atoms with Crippen LogP contribution in [0.1, 0.15) is 111 Å². The molecule has 0 atom stereocenters. The van der Waals surface area contributed by atoms with Crippen LogP contribution in [0.2, 0.25) is 0 Å². The highest BCUT2D eigenvalue weighted by Crippen LogP contribution is 2.20. The van der Waals surface area contributed by atoms with E-state index in [-0.39, 0.29) is 13.2 Å². The molecule has 0 aromatic carbocycles. The first-order chi connectivity index (χ1) is 15.2. The Morgan fingerprint density at radius 1 is 0.656 bits per heavy atom. The third-order valence-corrected chi connectivity index (χ3v) is 5.01. The van der Waals surface area contributed by atoms with Crippen LogP contribution in [0.15, 0.2) is 0 Å². The molecule has 0 saturated heterocycles. The fraction of sp³-hybridized carbons (Fsp3) is 0.833. The molecule has 0 aromatic rings. The molecule has 0 aliphatic rings. The molecule has 0 aliphatic carbocycles. The first-order valence-corrected chi connectivity index (χ1v) is 12.0. The van der Waals surface area contributed by atoms with E-state index >= 15 is 0 Å². The van der Waals surface area contributed by atoms with Crippen molar-refractivity contribution in [2.75, 3.05) is 13.2 Å². The van der Waals surface area contributed by atoms with Crippen LogP contribution in [-0.4, -0.2) is 47.8 Å². The number of carbonyl (C=O) groups is 4. The van der Waals surface area contributed by atoms with E-state index in [9.17, 15) is 24.3 Å². The van der Waals surface area contributed by atoms with Crippen molar-refractivity contribution in [3.8, 4) is 0 Å². The molecular weight excluding hydrogens is 416 g/mol. The van der Waals surface area contributed by atoms with Gasteiger partial charge < -0.3 is 19.3 Å². The Kier molecular flexibility index (Phi) is 17.5. The molecule has 0 amide bonds. The maximum atomic E-state index is 12.2. The van der Waals surface area contributed by atoms with Gasteiger partial charge in [0.25, 0.3) is 0 Å². The predicted molar refractivity (Wildman–Crippen MR) is 120 cm³/mol. The molecule has 32 heavy (non-hydrogen) atoms. The van der Waals surface area contributed by atoms with Crippen molar-refractivity contribution in [2.45, 2.75) is 116 Å². The zero-order valence-electron chi connectivity index (χ0n) is 20.1. The Morgan fingerprint density at radius 2 is 1.03 bits per heavy atom. The molecule has 186 valence electrons. The molecule has 0 saturated carbocycles. The predicted octanol–water partition coefficient (Wildman–Crippen LogP) is 4.39. The largest absolute Gasteiger partial charge is 0.466 e. The van der Waals surface area contributed by atoms with Crippen LogP contribution >= 0.6 is 0 Å². The van der Waals surface area contributed by atoms with Gasteiger partial charge in [0.05, 0.1) is 26.1 Å². The van der Waals surface area contributed by atoms with E-state index < -0.39 is 42.3 Å². The van der Waals surface area contributed by atoms with Crippen LogP contribution in [0.3, 0.4) is 0 Å². The topological polar surface area (TPSA) is 116 Å². The van der Waals surface area contributed by atoms with Gasteiger partial charge >= 0.3 is 23.9 Å². The Hall–Kier alpha value is -1.96. The van der Waals surface area contributed by atoms with Gasteiger partial charge in [0, 0.05) is 6.92 Å². The van der Waals surface area contributed by atoms with Crippen LogP contribution in [0, 0.1) is 0 Å². The lowest BCUT2D eigenvalue weighted by Gasteiger charge is -2.23. The van der Waals surface area contributed by atoms with E-state index in [0.717, 1.165) is 58.3 Å².